The van der Waals surface area contributed by atoms with Crippen molar-refractivity contribution in [2.75, 3.05) is 6.61 Å². The summed E-state index contributed by atoms with van der Waals surface area (Å²) in [5.41, 5.74) is 5.11. The third kappa shape index (κ3) is 7.53. The van der Waals surface area contributed by atoms with Crippen molar-refractivity contribution in [3.63, 3.8) is 0 Å². The van der Waals surface area contributed by atoms with Crippen LogP contribution in [-0.2, 0) is 9.08 Å². The molecule has 8 rings (SSSR count). The summed E-state index contributed by atoms with van der Waals surface area (Å²) in [5, 5.41) is 24.3. The molecular formula is C48H47BBrNO6Si. The monoisotopic (exact) mass is 851 g/mol. The van der Waals surface area contributed by atoms with Crippen molar-refractivity contribution in [1.82, 2.24) is 4.98 Å². The zero-order chi connectivity index (χ0) is 40.6. The quantitative estimate of drug-likeness (QED) is 0.107. The van der Waals surface area contributed by atoms with Crippen LogP contribution in [0, 0.1) is 17.8 Å². The van der Waals surface area contributed by atoms with Gasteiger partial charge < -0.3 is 19.2 Å². The van der Waals surface area contributed by atoms with E-state index in [2.05, 4.69) is 90.2 Å². The Morgan fingerprint density at radius 1 is 0.879 bits per heavy atom. The van der Waals surface area contributed by atoms with Crippen LogP contribution in [-0.4, -0.2) is 54.8 Å². The highest BCUT2D eigenvalue weighted by atomic mass is 79.9. The Morgan fingerprint density at radius 3 is 2.16 bits per heavy atom. The zero-order valence-electron chi connectivity index (χ0n) is 33.0. The number of phenolic OH excluding ortho intramolecular Hbond substituents is 1. The van der Waals surface area contributed by atoms with Gasteiger partial charge in [0.15, 0.2) is 11.6 Å². The number of carbonyl (C=O) groups excluding carboxylic acids is 2. The van der Waals surface area contributed by atoms with Crippen LogP contribution in [0.4, 0.5) is 0 Å². The Bertz CT molecular complexity index is 2340. The summed E-state index contributed by atoms with van der Waals surface area (Å²) in [6.45, 7) is 6.98. The lowest BCUT2D eigenvalue weighted by Crippen LogP contribution is -2.66. The van der Waals surface area contributed by atoms with E-state index in [4.69, 9.17) is 9.08 Å². The van der Waals surface area contributed by atoms with Crippen molar-refractivity contribution in [3.05, 3.63) is 166 Å². The minimum Gasteiger partial charge on any atom is -0.507 e. The molecule has 1 fully saturated rings. The minimum atomic E-state index is -3.01. The molecule has 5 aromatic rings. The van der Waals surface area contributed by atoms with Gasteiger partial charge in [-0.1, -0.05) is 128 Å². The van der Waals surface area contributed by atoms with Crippen LogP contribution in [0.25, 0.3) is 11.6 Å². The fourth-order valence-electron chi connectivity index (χ4n) is 9.70. The summed E-state index contributed by atoms with van der Waals surface area (Å²) in [5.74, 6) is -1.57. The molecule has 1 aromatic heterocycles. The highest BCUT2D eigenvalue weighted by Crippen LogP contribution is 2.51. The maximum atomic E-state index is 14.5. The number of aromatic hydroxyl groups is 1. The van der Waals surface area contributed by atoms with Gasteiger partial charge in [-0.2, -0.15) is 0 Å². The number of Topliss-reactive ketones (excluding diaryl/α,β-unsaturated/α-hetero) is 2. The predicted molar refractivity (Wildman–Crippen MR) is 236 cm³/mol. The summed E-state index contributed by atoms with van der Waals surface area (Å²) in [6.07, 6.45) is 4.62. The number of hydrogen-bond acceptors (Lipinski definition) is 7. The summed E-state index contributed by atoms with van der Waals surface area (Å²) in [7, 11) is -4.14. The fraction of sp³-hybridized carbons (Fsp3) is 0.271. The van der Waals surface area contributed by atoms with Crippen molar-refractivity contribution in [3.8, 4) is 5.75 Å². The summed E-state index contributed by atoms with van der Waals surface area (Å²) < 4.78 is 14.9. The molecule has 0 saturated carbocycles. The number of fused-ring (bicyclic) bond motifs is 4. The molecule has 3 aliphatic rings. The van der Waals surface area contributed by atoms with Gasteiger partial charge in [0.1, 0.15) is 5.75 Å². The molecule has 0 bridgehead atoms. The van der Waals surface area contributed by atoms with E-state index in [0.717, 1.165) is 37.3 Å². The molecule has 7 nitrogen and oxygen atoms in total. The summed E-state index contributed by atoms with van der Waals surface area (Å²) >= 11 is 3.54. The first kappa shape index (κ1) is 40.1. The first-order valence-electron chi connectivity index (χ1n) is 20.0. The fourth-order valence-corrected chi connectivity index (χ4v) is 14.6. The van der Waals surface area contributed by atoms with Gasteiger partial charge in [0.05, 0.1) is 18.4 Å². The number of halogens is 1. The van der Waals surface area contributed by atoms with Crippen LogP contribution in [0.2, 0.25) is 11.4 Å². The van der Waals surface area contributed by atoms with Crippen LogP contribution in [0.5, 0.6) is 5.75 Å². The number of phenols is 1. The maximum Gasteiger partial charge on any atom is 0.455 e. The SMILES string of the molecule is CC(C)(C)[Si](OCC1=C2[C@@H](CC/C(=C/c3cc(Br)ccc3O)c3ccccn3)OB(O)C[C@@H]2[C@@H]2C(=O)c3ccccc3C(=O)[C@@H]2C1)(c1ccccc1)c1ccccc1. The maximum absolute atomic E-state index is 14.5. The summed E-state index contributed by atoms with van der Waals surface area (Å²) in [4.78, 5) is 33.6. The molecule has 4 aromatic carbocycles. The van der Waals surface area contributed by atoms with E-state index in [9.17, 15) is 19.7 Å². The zero-order valence-corrected chi connectivity index (χ0v) is 35.6. The number of carbonyl (C=O) groups is 2. The first-order valence-corrected chi connectivity index (χ1v) is 22.7. The van der Waals surface area contributed by atoms with E-state index in [0.29, 0.717) is 36.0 Å². The van der Waals surface area contributed by atoms with Crippen molar-refractivity contribution in [2.24, 2.45) is 17.8 Å². The Hall–Kier alpha value is -4.71. The number of rotatable bonds is 10. The Labute approximate surface area is 350 Å². The second kappa shape index (κ2) is 16.5. The molecule has 2 N–H and O–H groups in total. The van der Waals surface area contributed by atoms with E-state index in [1.54, 1.807) is 30.5 Å². The van der Waals surface area contributed by atoms with Crippen molar-refractivity contribution >= 4 is 65.0 Å². The minimum absolute atomic E-state index is 0.0334. The molecule has 10 heteroatoms. The van der Waals surface area contributed by atoms with Crippen LogP contribution >= 0.6 is 15.9 Å². The number of allylic oxidation sites excluding steroid dienone is 1. The van der Waals surface area contributed by atoms with Gasteiger partial charge in [-0.3, -0.25) is 14.6 Å². The van der Waals surface area contributed by atoms with E-state index in [-0.39, 0.29) is 35.3 Å². The van der Waals surface area contributed by atoms with Gasteiger partial charge in [0.25, 0.3) is 8.32 Å². The topological polar surface area (TPSA) is 106 Å². The van der Waals surface area contributed by atoms with Gasteiger partial charge in [-0.15, -0.1) is 0 Å². The van der Waals surface area contributed by atoms with E-state index in [1.807, 2.05) is 54.6 Å². The van der Waals surface area contributed by atoms with Gasteiger partial charge in [-0.25, -0.2) is 0 Å². The van der Waals surface area contributed by atoms with Crippen molar-refractivity contribution in [2.45, 2.75) is 57.5 Å². The normalized spacial score (nSPS) is 21.1. The van der Waals surface area contributed by atoms with Crippen LogP contribution in [0.15, 0.2) is 143 Å². The lowest BCUT2D eigenvalue weighted by atomic mass is 9.54. The molecule has 58 heavy (non-hydrogen) atoms. The number of hydrogen-bond donors (Lipinski definition) is 2. The molecule has 4 atom stereocenters. The molecule has 0 radical (unpaired) electrons. The number of nitrogens with zero attached hydrogens (tertiary/aromatic N) is 1. The molecule has 0 amide bonds. The molecule has 1 aliphatic heterocycles. The third-order valence-electron chi connectivity index (χ3n) is 12.2. The van der Waals surface area contributed by atoms with E-state index in [1.165, 1.54) is 0 Å². The van der Waals surface area contributed by atoms with Gasteiger partial charge in [-0.05, 0) is 100 Å². The van der Waals surface area contributed by atoms with Gasteiger partial charge in [0, 0.05) is 39.2 Å². The Morgan fingerprint density at radius 2 is 1.52 bits per heavy atom. The van der Waals surface area contributed by atoms with Crippen LogP contribution in [0.3, 0.4) is 0 Å². The van der Waals surface area contributed by atoms with Gasteiger partial charge >= 0.3 is 7.12 Å². The highest BCUT2D eigenvalue weighted by molar-refractivity contribution is 9.10. The molecule has 1 saturated heterocycles. The number of ketones is 2. The highest BCUT2D eigenvalue weighted by Gasteiger charge is 2.55. The van der Waals surface area contributed by atoms with E-state index < -0.39 is 39.3 Å². The third-order valence-corrected chi connectivity index (χ3v) is 17.7. The molecule has 0 spiro atoms. The lowest BCUT2D eigenvalue weighted by molar-refractivity contribution is 0.0592. The van der Waals surface area contributed by atoms with Crippen LogP contribution in [0.1, 0.15) is 72.0 Å². The second-order valence-electron chi connectivity index (χ2n) is 16.7. The van der Waals surface area contributed by atoms with Crippen molar-refractivity contribution in [1.29, 1.82) is 0 Å². The van der Waals surface area contributed by atoms with Crippen molar-refractivity contribution < 1.29 is 28.8 Å². The molecule has 0 unspecified atom stereocenters. The van der Waals surface area contributed by atoms with Gasteiger partial charge in [0.2, 0.25) is 0 Å². The largest absolute Gasteiger partial charge is 0.507 e. The molecule has 2 heterocycles. The average molecular weight is 853 g/mol. The first-order chi connectivity index (χ1) is 28.0. The standard InChI is InChI=1S/C48H47BBrNO6Si/c1-48(2,3)58(35-14-6-4-7-15-35,36-16-8-5-9-17-36)56-30-33-28-39-45(47(54)38-19-11-10-18-37(38)46(39)53)40-29-49(55)57-43(44(33)40)24-21-31(41-20-12-13-25-51-41)26-32-27-34(50)22-23-42(32)52/h4-20,22-23,25-27,39-40,43,45,52,55H,21,24,28-30H2,1-3H3/b31-26-/t39-,40+,43-,45-/m1/s1. The lowest BCUT2D eigenvalue weighted by Gasteiger charge is -2.48. The Balaban J connectivity index is 1.25. The van der Waals surface area contributed by atoms with E-state index >= 15 is 0 Å². The smallest absolute Gasteiger partial charge is 0.455 e. The molecular weight excluding hydrogens is 805 g/mol. The number of aromatic nitrogens is 1. The predicted octanol–water partition coefficient (Wildman–Crippen LogP) is 8.95. The number of pyridine rings is 1. The molecule has 294 valence electrons. The van der Waals surface area contributed by atoms with Crippen LogP contribution < -0.4 is 10.4 Å². The number of benzene rings is 4. The average Bonchev–Trinajstić information content (AvgIpc) is 3.23. The summed E-state index contributed by atoms with van der Waals surface area (Å²) in [6, 6.07) is 39.2. The Kier molecular flexibility index (Phi) is 11.4. The molecule has 2 aliphatic carbocycles. The second-order valence-corrected chi connectivity index (χ2v) is 21.9.